The molecule has 1 amide bonds. The van der Waals surface area contributed by atoms with Crippen molar-refractivity contribution in [3.8, 4) is 0 Å². The van der Waals surface area contributed by atoms with Crippen LogP contribution in [-0.4, -0.2) is 18.5 Å². The zero-order chi connectivity index (χ0) is 16.0. The zero-order valence-electron chi connectivity index (χ0n) is 12.6. The van der Waals surface area contributed by atoms with Gasteiger partial charge in [-0.05, 0) is 36.1 Å². The molecule has 0 fully saturated rings. The first-order valence-electron chi connectivity index (χ1n) is 7.48. The van der Waals surface area contributed by atoms with Crippen LogP contribution in [0.3, 0.4) is 0 Å². The smallest absolute Gasteiger partial charge is 0.337 e. The Kier molecular flexibility index (Phi) is 3.31. The highest BCUT2D eigenvalue weighted by molar-refractivity contribution is 7.10. The Morgan fingerprint density at radius 1 is 1.22 bits per heavy atom. The van der Waals surface area contributed by atoms with Gasteiger partial charge in [0.1, 0.15) is 6.61 Å². The monoisotopic (exact) mass is 325 g/mol. The molecule has 0 bridgehead atoms. The fourth-order valence-corrected chi connectivity index (χ4v) is 4.09. The average Bonchev–Trinajstić information content (AvgIpc) is 3.17. The van der Waals surface area contributed by atoms with Gasteiger partial charge >= 0.3 is 5.97 Å². The molecule has 0 saturated heterocycles. The SMILES string of the molecule is Cc1cccc(N2C(=O)C[C@H](c3cccs3)C3=C2COC3=O)c1. The molecule has 1 aromatic heterocycles. The predicted octanol–water partition coefficient (Wildman–Crippen LogP) is 3.39. The summed E-state index contributed by atoms with van der Waals surface area (Å²) in [5.41, 5.74) is 3.19. The number of thiophene rings is 1. The summed E-state index contributed by atoms with van der Waals surface area (Å²) in [4.78, 5) is 27.7. The maximum absolute atomic E-state index is 12.8. The van der Waals surface area contributed by atoms with Gasteiger partial charge in [0.05, 0.1) is 11.3 Å². The number of rotatable bonds is 2. The van der Waals surface area contributed by atoms with E-state index in [1.807, 2.05) is 48.7 Å². The number of cyclic esters (lactones) is 1. The topological polar surface area (TPSA) is 46.6 Å². The molecule has 2 aromatic rings. The normalized spacial score (nSPS) is 20.7. The van der Waals surface area contributed by atoms with Crippen LogP contribution in [0, 0.1) is 6.92 Å². The highest BCUT2D eigenvalue weighted by Gasteiger charge is 2.43. The summed E-state index contributed by atoms with van der Waals surface area (Å²) in [7, 11) is 0. The standard InChI is InChI=1S/C18H15NO3S/c1-11-4-2-5-12(8-11)19-14-10-22-18(21)17(14)13(9-16(19)20)15-6-3-7-23-15/h2-8,13H,9-10H2,1H3/t13-/m1/s1. The van der Waals surface area contributed by atoms with Crippen LogP contribution in [0.5, 0.6) is 0 Å². The van der Waals surface area contributed by atoms with E-state index in [4.69, 9.17) is 4.74 Å². The molecule has 0 unspecified atom stereocenters. The number of benzene rings is 1. The summed E-state index contributed by atoms with van der Waals surface area (Å²) in [6.45, 7) is 2.15. The van der Waals surface area contributed by atoms with Crippen molar-refractivity contribution in [1.29, 1.82) is 0 Å². The summed E-state index contributed by atoms with van der Waals surface area (Å²) in [6, 6.07) is 11.7. The molecule has 5 heteroatoms. The second-order valence-corrected chi connectivity index (χ2v) is 6.76. The second kappa shape index (κ2) is 5.35. The molecular formula is C18H15NO3S. The van der Waals surface area contributed by atoms with Gasteiger partial charge in [-0.3, -0.25) is 9.69 Å². The third-order valence-electron chi connectivity index (χ3n) is 4.26. The minimum absolute atomic E-state index is 0.00560. The van der Waals surface area contributed by atoms with Gasteiger partial charge in [-0.15, -0.1) is 11.3 Å². The summed E-state index contributed by atoms with van der Waals surface area (Å²) in [5.74, 6) is -0.483. The number of aryl methyl sites for hydroxylation is 1. The number of carbonyl (C=O) groups is 2. The highest BCUT2D eigenvalue weighted by atomic mass is 32.1. The third-order valence-corrected chi connectivity index (χ3v) is 5.25. The van der Waals surface area contributed by atoms with Gasteiger partial charge in [0.25, 0.3) is 0 Å². The average molecular weight is 325 g/mol. The molecule has 4 nitrogen and oxygen atoms in total. The number of amides is 1. The molecule has 1 aromatic carbocycles. The number of ether oxygens (including phenoxy) is 1. The van der Waals surface area contributed by atoms with Crippen molar-refractivity contribution in [1.82, 2.24) is 0 Å². The molecule has 3 heterocycles. The van der Waals surface area contributed by atoms with Crippen molar-refractivity contribution < 1.29 is 14.3 Å². The lowest BCUT2D eigenvalue weighted by atomic mass is 9.88. The molecule has 1 atom stereocenters. The lowest BCUT2D eigenvalue weighted by molar-refractivity contribution is -0.136. The highest BCUT2D eigenvalue weighted by Crippen LogP contribution is 2.43. The number of anilines is 1. The fourth-order valence-electron chi connectivity index (χ4n) is 3.25. The molecule has 2 aliphatic rings. The van der Waals surface area contributed by atoms with Crippen LogP contribution in [0.1, 0.15) is 22.8 Å². The van der Waals surface area contributed by atoms with Gasteiger partial charge in [0.2, 0.25) is 5.91 Å². The number of esters is 1. The third kappa shape index (κ3) is 2.28. The van der Waals surface area contributed by atoms with E-state index < -0.39 is 0 Å². The van der Waals surface area contributed by atoms with E-state index >= 15 is 0 Å². The Morgan fingerprint density at radius 2 is 2.09 bits per heavy atom. The van der Waals surface area contributed by atoms with Crippen LogP contribution in [0.2, 0.25) is 0 Å². The molecule has 23 heavy (non-hydrogen) atoms. The van der Waals surface area contributed by atoms with Gasteiger partial charge in [-0.1, -0.05) is 18.2 Å². The van der Waals surface area contributed by atoms with Crippen molar-refractivity contribution in [3.63, 3.8) is 0 Å². The number of nitrogens with zero attached hydrogens (tertiary/aromatic N) is 1. The first-order valence-corrected chi connectivity index (χ1v) is 8.36. The summed E-state index contributed by atoms with van der Waals surface area (Å²) < 4.78 is 5.26. The maximum atomic E-state index is 12.8. The predicted molar refractivity (Wildman–Crippen MR) is 88.3 cm³/mol. The molecule has 0 aliphatic carbocycles. The van der Waals surface area contributed by atoms with E-state index in [-0.39, 0.29) is 24.4 Å². The van der Waals surface area contributed by atoms with Crippen molar-refractivity contribution in [3.05, 3.63) is 63.5 Å². The van der Waals surface area contributed by atoms with Crippen LogP contribution >= 0.6 is 11.3 Å². The molecule has 2 aliphatic heterocycles. The van der Waals surface area contributed by atoms with Crippen LogP contribution < -0.4 is 4.90 Å². The van der Waals surface area contributed by atoms with Crippen LogP contribution in [0.25, 0.3) is 0 Å². The van der Waals surface area contributed by atoms with E-state index in [0.29, 0.717) is 17.7 Å². The van der Waals surface area contributed by atoms with E-state index in [1.54, 1.807) is 16.2 Å². The van der Waals surface area contributed by atoms with Gasteiger partial charge in [-0.2, -0.15) is 0 Å². The minimum Gasteiger partial charge on any atom is -0.456 e. The van der Waals surface area contributed by atoms with Crippen LogP contribution in [-0.2, 0) is 14.3 Å². The van der Waals surface area contributed by atoms with E-state index in [1.165, 1.54) is 0 Å². The quantitative estimate of drug-likeness (QED) is 0.795. The number of carbonyl (C=O) groups excluding carboxylic acids is 2. The van der Waals surface area contributed by atoms with E-state index in [9.17, 15) is 9.59 Å². The summed E-state index contributed by atoms with van der Waals surface area (Å²) in [5, 5.41) is 1.97. The Morgan fingerprint density at radius 3 is 2.83 bits per heavy atom. The minimum atomic E-state index is -0.302. The van der Waals surface area contributed by atoms with Gasteiger partial charge in [0.15, 0.2) is 0 Å². The molecule has 0 spiro atoms. The number of hydrogen-bond donors (Lipinski definition) is 0. The first kappa shape index (κ1) is 14.2. The molecular weight excluding hydrogens is 310 g/mol. The molecule has 4 rings (SSSR count). The van der Waals surface area contributed by atoms with Gasteiger partial charge in [0, 0.05) is 22.9 Å². The lowest BCUT2D eigenvalue weighted by Crippen LogP contribution is -2.37. The lowest BCUT2D eigenvalue weighted by Gasteiger charge is -2.31. The van der Waals surface area contributed by atoms with Crippen molar-refractivity contribution >= 4 is 28.9 Å². The number of hydrogen-bond acceptors (Lipinski definition) is 4. The molecule has 0 saturated carbocycles. The second-order valence-electron chi connectivity index (χ2n) is 5.78. The Balaban J connectivity index is 1.85. The fraction of sp³-hybridized carbons (Fsp3) is 0.222. The van der Waals surface area contributed by atoms with Crippen molar-refractivity contribution in [2.75, 3.05) is 11.5 Å². The van der Waals surface area contributed by atoms with Gasteiger partial charge in [-0.25, -0.2) is 4.79 Å². The Labute approximate surface area is 138 Å². The first-order chi connectivity index (χ1) is 11.1. The summed E-state index contributed by atoms with van der Waals surface area (Å²) in [6.07, 6.45) is 0.294. The summed E-state index contributed by atoms with van der Waals surface area (Å²) >= 11 is 1.57. The Bertz CT molecular complexity index is 823. The Hall–Kier alpha value is -2.40. The zero-order valence-corrected chi connectivity index (χ0v) is 13.4. The van der Waals surface area contributed by atoms with Crippen LogP contribution in [0.4, 0.5) is 5.69 Å². The van der Waals surface area contributed by atoms with Crippen molar-refractivity contribution in [2.24, 2.45) is 0 Å². The van der Waals surface area contributed by atoms with Gasteiger partial charge < -0.3 is 4.74 Å². The van der Waals surface area contributed by atoms with E-state index in [0.717, 1.165) is 16.1 Å². The maximum Gasteiger partial charge on any atom is 0.337 e. The van der Waals surface area contributed by atoms with Crippen LogP contribution in [0.15, 0.2) is 53.0 Å². The molecule has 0 radical (unpaired) electrons. The van der Waals surface area contributed by atoms with E-state index in [2.05, 4.69) is 0 Å². The molecule has 116 valence electrons. The molecule has 0 N–H and O–H groups in total. The largest absolute Gasteiger partial charge is 0.456 e. The van der Waals surface area contributed by atoms with Crippen molar-refractivity contribution in [2.45, 2.75) is 19.3 Å².